The van der Waals surface area contributed by atoms with Crippen LogP contribution in [-0.2, 0) is 6.42 Å². The topological polar surface area (TPSA) is 12.0 Å². The van der Waals surface area contributed by atoms with Crippen molar-refractivity contribution in [1.82, 2.24) is 5.32 Å². The van der Waals surface area contributed by atoms with E-state index >= 15 is 0 Å². The number of halogens is 3. The molecule has 0 aliphatic rings. The van der Waals surface area contributed by atoms with Gasteiger partial charge < -0.3 is 5.32 Å². The highest BCUT2D eigenvalue weighted by Crippen LogP contribution is 2.27. The van der Waals surface area contributed by atoms with Crippen molar-refractivity contribution in [3.05, 3.63) is 68.1 Å². The molecule has 0 aliphatic carbocycles. The Kier molecular flexibility index (Phi) is 6.56. The molecule has 2 aromatic carbocycles. The van der Waals surface area contributed by atoms with E-state index in [0.717, 1.165) is 39.5 Å². The lowest BCUT2D eigenvalue weighted by Crippen LogP contribution is -2.24. The van der Waals surface area contributed by atoms with Crippen molar-refractivity contribution in [3.63, 3.8) is 0 Å². The van der Waals surface area contributed by atoms with E-state index in [0.29, 0.717) is 0 Å². The van der Waals surface area contributed by atoms with Gasteiger partial charge in [-0.2, -0.15) is 0 Å². The van der Waals surface area contributed by atoms with Crippen molar-refractivity contribution < 1.29 is 0 Å². The van der Waals surface area contributed by atoms with Gasteiger partial charge in [-0.25, -0.2) is 0 Å². The van der Waals surface area contributed by atoms with Crippen LogP contribution in [0.15, 0.2) is 46.9 Å². The van der Waals surface area contributed by atoms with Gasteiger partial charge in [-0.05, 0) is 60.8 Å². The van der Waals surface area contributed by atoms with Gasteiger partial charge in [-0.15, -0.1) is 0 Å². The molecule has 0 aromatic heterocycles. The fourth-order valence-electron chi connectivity index (χ4n) is 2.24. The fraction of sp³-hybridized carbons (Fsp3) is 0.294. The smallest absolute Gasteiger partial charge is 0.0439 e. The van der Waals surface area contributed by atoms with Crippen LogP contribution in [0, 0.1) is 0 Å². The van der Waals surface area contributed by atoms with Crippen LogP contribution in [0.2, 0.25) is 10.0 Å². The molecule has 2 rings (SSSR count). The minimum atomic E-state index is 0.231. The highest BCUT2D eigenvalue weighted by molar-refractivity contribution is 9.10. The van der Waals surface area contributed by atoms with Crippen LogP contribution < -0.4 is 5.32 Å². The zero-order chi connectivity index (χ0) is 15.2. The first kappa shape index (κ1) is 16.8. The van der Waals surface area contributed by atoms with Crippen molar-refractivity contribution >= 4 is 39.1 Å². The summed E-state index contributed by atoms with van der Waals surface area (Å²) in [6.45, 7) is 3.14. The Balaban J connectivity index is 2.23. The molecule has 0 bridgehead atoms. The van der Waals surface area contributed by atoms with E-state index in [1.54, 1.807) is 0 Å². The zero-order valence-corrected chi connectivity index (χ0v) is 15.0. The van der Waals surface area contributed by atoms with E-state index in [-0.39, 0.29) is 6.04 Å². The average molecular weight is 387 g/mol. The summed E-state index contributed by atoms with van der Waals surface area (Å²) in [6, 6.07) is 14.3. The van der Waals surface area contributed by atoms with Gasteiger partial charge in [-0.1, -0.05) is 58.2 Å². The highest BCUT2D eigenvalue weighted by atomic mass is 79.9. The molecule has 0 radical (unpaired) electrons. The Labute approximate surface area is 144 Å². The minimum absolute atomic E-state index is 0.231. The Morgan fingerprint density at radius 2 is 1.81 bits per heavy atom. The lowest BCUT2D eigenvalue weighted by Gasteiger charge is -2.20. The Morgan fingerprint density at radius 1 is 1.10 bits per heavy atom. The summed E-state index contributed by atoms with van der Waals surface area (Å²) < 4.78 is 1.08. The number of hydrogen-bond acceptors (Lipinski definition) is 1. The highest BCUT2D eigenvalue weighted by Gasteiger charge is 2.13. The third-order valence-electron chi connectivity index (χ3n) is 3.34. The van der Waals surface area contributed by atoms with Crippen molar-refractivity contribution in [1.29, 1.82) is 0 Å². The van der Waals surface area contributed by atoms with Crippen LogP contribution in [-0.4, -0.2) is 6.54 Å². The summed E-state index contributed by atoms with van der Waals surface area (Å²) >= 11 is 15.9. The summed E-state index contributed by atoms with van der Waals surface area (Å²) in [5.74, 6) is 0. The maximum Gasteiger partial charge on any atom is 0.0439 e. The monoisotopic (exact) mass is 385 g/mol. The molecule has 1 atom stereocenters. The largest absolute Gasteiger partial charge is 0.310 e. The molecule has 1 unspecified atom stereocenters. The molecule has 0 fully saturated rings. The Bertz CT molecular complexity index is 584. The first-order valence-corrected chi connectivity index (χ1v) is 8.58. The Morgan fingerprint density at radius 3 is 2.48 bits per heavy atom. The molecule has 0 aliphatic heterocycles. The molecule has 0 heterocycles. The quantitative estimate of drug-likeness (QED) is 0.638. The standard InChI is InChI=1S/C17H18BrCl2N/c1-2-9-21-17(12-3-5-14(18)6-4-12)11-13-10-15(19)7-8-16(13)20/h3-8,10,17,21H,2,9,11H2,1H3. The minimum Gasteiger partial charge on any atom is -0.310 e. The number of rotatable bonds is 6. The second-order valence-corrected chi connectivity index (χ2v) is 6.76. The van der Waals surface area contributed by atoms with Gasteiger partial charge in [0.05, 0.1) is 0 Å². The van der Waals surface area contributed by atoms with Crippen molar-refractivity contribution in [3.8, 4) is 0 Å². The molecule has 0 saturated heterocycles. The van der Waals surface area contributed by atoms with Gasteiger partial charge in [0.15, 0.2) is 0 Å². The fourth-order valence-corrected chi connectivity index (χ4v) is 2.89. The molecule has 0 amide bonds. The first-order chi connectivity index (χ1) is 10.1. The van der Waals surface area contributed by atoms with Crippen LogP contribution in [0.4, 0.5) is 0 Å². The zero-order valence-electron chi connectivity index (χ0n) is 11.9. The van der Waals surface area contributed by atoms with E-state index in [4.69, 9.17) is 23.2 Å². The lowest BCUT2D eigenvalue weighted by atomic mass is 9.98. The first-order valence-electron chi connectivity index (χ1n) is 7.03. The summed E-state index contributed by atoms with van der Waals surface area (Å²) in [4.78, 5) is 0. The normalized spacial score (nSPS) is 12.4. The second kappa shape index (κ2) is 8.19. The third kappa shape index (κ3) is 5.00. The molecular formula is C17H18BrCl2N. The predicted molar refractivity (Wildman–Crippen MR) is 95.3 cm³/mol. The summed E-state index contributed by atoms with van der Waals surface area (Å²) in [5, 5.41) is 5.07. The summed E-state index contributed by atoms with van der Waals surface area (Å²) in [5.41, 5.74) is 2.32. The van der Waals surface area contributed by atoms with E-state index in [2.05, 4.69) is 52.4 Å². The molecule has 112 valence electrons. The number of benzene rings is 2. The van der Waals surface area contributed by atoms with E-state index in [9.17, 15) is 0 Å². The van der Waals surface area contributed by atoms with Gasteiger partial charge in [0, 0.05) is 20.6 Å². The van der Waals surface area contributed by atoms with E-state index < -0.39 is 0 Å². The van der Waals surface area contributed by atoms with Gasteiger partial charge in [0.25, 0.3) is 0 Å². The molecule has 21 heavy (non-hydrogen) atoms. The second-order valence-electron chi connectivity index (χ2n) is 5.00. The summed E-state index contributed by atoms with van der Waals surface area (Å²) in [7, 11) is 0. The van der Waals surface area contributed by atoms with Crippen LogP contribution >= 0.6 is 39.1 Å². The Hall–Kier alpha value is -0.540. The van der Waals surface area contributed by atoms with Crippen LogP contribution in [0.1, 0.15) is 30.5 Å². The lowest BCUT2D eigenvalue weighted by molar-refractivity contribution is 0.529. The van der Waals surface area contributed by atoms with Crippen LogP contribution in [0.3, 0.4) is 0 Å². The molecule has 2 aromatic rings. The molecular weight excluding hydrogens is 369 g/mol. The maximum atomic E-state index is 6.29. The summed E-state index contributed by atoms with van der Waals surface area (Å²) in [6.07, 6.45) is 1.91. The van der Waals surface area contributed by atoms with Crippen molar-refractivity contribution in [2.75, 3.05) is 6.54 Å². The van der Waals surface area contributed by atoms with Crippen molar-refractivity contribution in [2.24, 2.45) is 0 Å². The SMILES string of the molecule is CCCNC(Cc1cc(Cl)ccc1Cl)c1ccc(Br)cc1. The number of hydrogen-bond donors (Lipinski definition) is 1. The molecule has 0 spiro atoms. The van der Waals surface area contributed by atoms with Crippen LogP contribution in [0.25, 0.3) is 0 Å². The van der Waals surface area contributed by atoms with Crippen molar-refractivity contribution in [2.45, 2.75) is 25.8 Å². The number of nitrogens with one attached hydrogen (secondary N) is 1. The molecule has 1 N–H and O–H groups in total. The van der Waals surface area contributed by atoms with Gasteiger partial charge >= 0.3 is 0 Å². The van der Waals surface area contributed by atoms with Crippen LogP contribution in [0.5, 0.6) is 0 Å². The average Bonchev–Trinajstić information content (AvgIpc) is 2.48. The molecule has 4 heteroatoms. The van der Waals surface area contributed by atoms with E-state index in [1.807, 2.05) is 18.2 Å². The predicted octanol–water partition coefficient (Wildman–Crippen LogP) is 6.04. The van der Waals surface area contributed by atoms with E-state index in [1.165, 1.54) is 5.56 Å². The molecule has 0 saturated carbocycles. The van der Waals surface area contributed by atoms with Gasteiger partial charge in [0.2, 0.25) is 0 Å². The maximum absolute atomic E-state index is 6.29. The third-order valence-corrected chi connectivity index (χ3v) is 4.48. The molecule has 1 nitrogen and oxygen atoms in total. The van der Waals surface area contributed by atoms with Gasteiger partial charge in [0.1, 0.15) is 0 Å². The van der Waals surface area contributed by atoms with Gasteiger partial charge in [-0.3, -0.25) is 0 Å².